The van der Waals surface area contributed by atoms with Crippen LogP contribution in [0.25, 0.3) is 0 Å². The molecular weight excluding hydrogens is 326 g/mol. The van der Waals surface area contributed by atoms with E-state index in [2.05, 4.69) is 10.0 Å². The standard InChI is InChI=1S/C13H13N3O6S/c17-13(14-8-11-2-1-7-22-11)9-15-23(20,21)12-5-3-10(4-6-12)16(18)19/h1-7,15H,8-9H2,(H,14,17). The number of hydrogen-bond donors (Lipinski definition) is 2. The number of nitro benzene ring substituents is 1. The maximum absolute atomic E-state index is 12.0. The Labute approximate surface area is 131 Å². The Bertz CT molecular complexity index is 784. The predicted molar refractivity (Wildman–Crippen MR) is 78.8 cm³/mol. The van der Waals surface area contributed by atoms with Gasteiger partial charge in [0.05, 0.1) is 29.2 Å². The first-order chi connectivity index (χ1) is 10.9. The van der Waals surface area contributed by atoms with Crippen LogP contribution in [-0.4, -0.2) is 25.8 Å². The summed E-state index contributed by atoms with van der Waals surface area (Å²) in [5.74, 6) is 0.00321. The zero-order valence-electron chi connectivity index (χ0n) is 11.8. The van der Waals surface area contributed by atoms with Gasteiger partial charge in [0.1, 0.15) is 5.76 Å². The van der Waals surface area contributed by atoms with E-state index < -0.39 is 27.4 Å². The van der Waals surface area contributed by atoms with Crippen LogP contribution in [0.5, 0.6) is 0 Å². The smallest absolute Gasteiger partial charge is 0.269 e. The molecule has 0 aliphatic carbocycles. The summed E-state index contributed by atoms with van der Waals surface area (Å²) in [7, 11) is -3.93. The average molecular weight is 339 g/mol. The number of carbonyl (C=O) groups is 1. The molecule has 122 valence electrons. The lowest BCUT2D eigenvalue weighted by atomic mass is 10.3. The molecule has 1 aromatic heterocycles. The van der Waals surface area contributed by atoms with Crippen molar-refractivity contribution in [3.05, 3.63) is 58.5 Å². The molecule has 2 rings (SSSR count). The third-order valence-electron chi connectivity index (χ3n) is 2.82. The number of furan rings is 1. The molecule has 1 aromatic carbocycles. The average Bonchev–Trinajstić information content (AvgIpc) is 3.04. The van der Waals surface area contributed by atoms with Gasteiger partial charge < -0.3 is 9.73 Å². The second-order valence-corrected chi connectivity index (χ2v) is 6.20. The van der Waals surface area contributed by atoms with Gasteiger partial charge in [-0.2, -0.15) is 0 Å². The second-order valence-electron chi connectivity index (χ2n) is 4.43. The van der Waals surface area contributed by atoms with Crippen molar-refractivity contribution in [2.45, 2.75) is 11.4 Å². The lowest BCUT2D eigenvalue weighted by molar-refractivity contribution is -0.384. The number of nitrogens with zero attached hydrogens (tertiary/aromatic N) is 1. The maximum atomic E-state index is 12.0. The van der Waals surface area contributed by atoms with Crippen LogP contribution in [0.1, 0.15) is 5.76 Å². The largest absolute Gasteiger partial charge is 0.467 e. The van der Waals surface area contributed by atoms with E-state index in [1.807, 2.05) is 0 Å². The van der Waals surface area contributed by atoms with Crippen molar-refractivity contribution in [3.63, 3.8) is 0 Å². The van der Waals surface area contributed by atoms with Gasteiger partial charge in [0, 0.05) is 12.1 Å². The van der Waals surface area contributed by atoms with Crippen molar-refractivity contribution in [1.29, 1.82) is 0 Å². The van der Waals surface area contributed by atoms with Gasteiger partial charge in [-0.1, -0.05) is 0 Å². The highest BCUT2D eigenvalue weighted by molar-refractivity contribution is 7.89. The number of benzene rings is 1. The van der Waals surface area contributed by atoms with Gasteiger partial charge in [0.25, 0.3) is 5.69 Å². The van der Waals surface area contributed by atoms with E-state index in [9.17, 15) is 23.3 Å². The molecule has 0 spiro atoms. The molecule has 10 heteroatoms. The summed E-state index contributed by atoms with van der Waals surface area (Å²) >= 11 is 0. The number of carbonyl (C=O) groups excluding carboxylic acids is 1. The molecule has 0 unspecified atom stereocenters. The van der Waals surface area contributed by atoms with E-state index in [-0.39, 0.29) is 17.1 Å². The molecule has 0 radical (unpaired) electrons. The topological polar surface area (TPSA) is 132 Å². The van der Waals surface area contributed by atoms with Crippen LogP contribution < -0.4 is 10.0 Å². The Balaban J connectivity index is 1.90. The zero-order valence-corrected chi connectivity index (χ0v) is 12.6. The Kier molecular flexibility index (Phi) is 5.09. The van der Waals surface area contributed by atoms with Gasteiger partial charge in [0.15, 0.2) is 0 Å². The zero-order chi connectivity index (χ0) is 16.9. The van der Waals surface area contributed by atoms with Crippen LogP contribution in [-0.2, 0) is 21.4 Å². The lowest BCUT2D eigenvalue weighted by Gasteiger charge is -2.07. The maximum Gasteiger partial charge on any atom is 0.269 e. The van der Waals surface area contributed by atoms with Crippen molar-refractivity contribution < 1.29 is 22.6 Å². The predicted octanol–water partition coefficient (Wildman–Crippen LogP) is 0.782. The fraction of sp³-hybridized carbons (Fsp3) is 0.154. The Morgan fingerprint density at radius 2 is 1.91 bits per heavy atom. The van der Waals surface area contributed by atoms with Crippen LogP contribution in [0.15, 0.2) is 52.0 Å². The Hall–Kier alpha value is -2.72. The number of hydrogen-bond acceptors (Lipinski definition) is 6. The van der Waals surface area contributed by atoms with Gasteiger partial charge >= 0.3 is 0 Å². The molecule has 0 aliphatic rings. The molecule has 0 saturated heterocycles. The van der Waals surface area contributed by atoms with Crippen LogP contribution in [0.4, 0.5) is 5.69 Å². The summed E-state index contributed by atoms with van der Waals surface area (Å²) in [4.78, 5) is 21.3. The summed E-state index contributed by atoms with van der Waals surface area (Å²) in [6.07, 6.45) is 1.46. The van der Waals surface area contributed by atoms with E-state index in [1.54, 1.807) is 12.1 Å². The third-order valence-corrected chi connectivity index (χ3v) is 4.24. The van der Waals surface area contributed by atoms with Crippen LogP contribution in [0, 0.1) is 10.1 Å². The molecule has 2 N–H and O–H groups in total. The molecule has 0 fully saturated rings. The first-order valence-electron chi connectivity index (χ1n) is 6.42. The number of nitrogens with one attached hydrogen (secondary N) is 2. The summed E-state index contributed by atoms with van der Waals surface area (Å²) < 4.78 is 31.1. The van der Waals surface area contributed by atoms with E-state index in [0.29, 0.717) is 5.76 Å². The van der Waals surface area contributed by atoms with Crippen molar-refractivity contribution in [1.82, 2.24) is 10.0 Å². The monoisotopic (exact) mass is 339 g/mol. The molecule has 2 aromatic rings. The first kappa shape index (κ1) is 16.6. The highest BCUT2D eigenvalue weighted by Gasteiger charge is 2.17. The van der Waals surface area contributed by atoms with Crippen molar-refractivity contribution in [2.75, 3.05) is 6.54 Å². The molecule has 23 heavy (non-hydrogen) atoms. The highest BCUT2D eigenvalue weighted by Crippen LogP contribution is 2.15. The Morgan fingerprint density at radius 1 is 1.22 bits per heavy atom. The minimum atomic E-state index is -3.93. The second kappa shape index (κ2) is 7.03. The quantitative estimate of drug-likeness (QED) is 0.566. The number of amides is 1. The van der Waals surface area contributed by atoms with Gasteiger partial charge in [-0.15, -0.1) is 0 Å². The fourth-order valence-electron chi connectivity index (χ4n) is 1.65. The van der Waals surface area contributed by atoms with E-state index in [1.165, 1.54) is 6.26 Å². The van der Waals surface area contributed by atoms with Crippen molar-refractivity contribution >= 4 is 21.6 Å². The molecule has 1 amide bonds. The lowest BCUT2D eigenvalue weighted by Crippen LogP contribution is -2.36. The number of sulfonamides is 1. The molecule has 9 nitrogen and oxygen atoms in total. The summed E-state index contributed by atoms with van der Waals surface area (Å²) in [5, 5.41) is 13.0. The third kappa shape index (κ3) is 4.63. The number of rotatable bonds is 7. The minimum Gasteiger partial charge on any atom is -0.467 e. The highest BCUT2D eigenvalue weighted by atomic mass is 32.2. The first-order valence-corrected chi connectivity index (χ1v) is 7.90. The van der Waals surface area contributed by atoms with Gasteiger partial charge in [0.2, 0.25) is 15.9 Å². The van der Waals surface area contributed by atoms with Gasteiger partial charge in [-0.05, 0) is 24.3 Å². The molecule has 1 heterocycles. The van der Waals surface area contributed by atoms with Crippen molar-refractivity contribution in [2.24, 2.45) is 0 Å². The van der Waals surface area contributed by atoms with Gasteiger partial charge in [-0.3, -0.25) is 14.9 Å². The van der Waals surface area contributed by atoms with Crippen molar-refractivity contribution in [3.8, 4) is 0 Å². The number of nitro groups is 1. The van der Waals surface area contributed by atoms with Crippen LogP contribution in [0.3, 0.4) is 0 Å². The fourth-order valence-corrected chi connectivity index (χ4v) is 2.63. The number of non-ortho nitro benzene ring substituents is 1. The SMILES string of the molecule is O=C(CNS(=O)(=O)c1ccc([N+](=O)[O-])cc1)NCc1ccco1. The summed E-state index contributed by atoms with van der Waals surface area (Å²) in [5.41, 5.74) is -0.222. The molecular formula is C13H13N3O6S. The normalized spacial score (nSPS) is 11.1. The molecule has 0 saturated carbocycles. The van der Waals surface area contributed by atoms with Crippen LogP contribution in [0.2, 0.25) is 0 Å². The van der Waals surface area contributed by atoms with E-state index >= 15 is 0 Å². The van der Waals surface area contributed by atoms with Crippen LogP contribution >= 0.6 is 0 Å². The van der Waals surface area contributed by atoms with E-state index in [0.717, 1.165) is 24.3 Å². The summed E-state index contributed by atoms with van der Waals surface area (Å²) in [6, 6.07) is 7.68. The Morgan fingerprint density at radius 3 is 2.48 bits per heavy atom. The van der Waals surface area contributed by atoms with E-state index in [4.69, 9.17) is 4.42 Å². The minimum absolute atomic E-state index is 0.144. The summed E-state index contributed by atoms with van der Waals surface area (Å²) in [6.45, 7) is -0.314. The molecule has 0 aliphatic heterocycles. The molecule has 0 atom stereocenters. The van der Waals surface area contributed by atoms with Gasteiger partial charge in [-0.25, -0.2) is 13.1 Å². The molecule has 0 bridgehead atoms.